The van der Waals surface area contributed by atoms with Gasteiger partial charge in [0.1, 0.15) is 5.25 Å². The number of nitrogens with two attached hydrogens (primary N) is 1. The first-order valence-corrected chi connectivity index (χ1v) is 8.56. The molecule has 6 heteroatoms. The molecule has 1 atom stereocenters. The number of benzene rings is 1. The van der Waals surface area contributed by atoms with Crippen LogP contribution in [0.1, 0.15) is 24.8 Å². The number of anilines is 1. The van der Waals surface area contributed by atoms with Gasteiger partial charge in [0.2, 0.25) is 5.91 Å². The Morgan fingerprint density at radius 2 is 2.10 bits per heavy atom. The molecule has 0 aromatic heterocycles. The van der Waals surface area contributed by atoms with Crippen LogP contribution in [0.2, 0.25) is 0 Å². The highest BCUT2D eigenvalue weighted by molar-refractivity contribution is 7.92. The first-order chi connectivity index (χ1) is 10.0. The van der Waals surface area contributed by atoms with Crippen LogP contribution in [0.3, 0.4) is 0 Å². The van der Waals surface area contributed by atoms with Crippen molar-refractivity contribution >= 4 is 21.4 Å². The molecule has 112 valence electrons. The van der Waals surface area contributed by atoms with Gasteiger partial charge in [-0.2, -0.15) is 0 Å². The highest BCUT2D eigenvalue weighted by Gasteiger charge is 2.34. The predicted octanol–water partition coefficient (Wildman–Crippen LogP) is 0.903. The smallest absolute Gasteiger partial charge is 0.242 e. The van der Waals surface area contributed by atoms with Crippen molar-refractivity contribution in [1.82, 2.24) is 0 Å². The van der Waals surface area contributed by atoms with E-state index in [4.69, 9.17) is 5.73 Å². The summed E-state index contributed by atoms with van der Waals surface area (Å²) in [5, 5.41) is 1.73. The minimum atomic E-state index is -3.34. The number of hydrogen-bond donors (Lipinski definition) is 2. The van der Waals surface area contributed by atoms with E-state index in [0.717, 1.165) is 6.42 Å². The molecule has 1 unspecified atom stereocenters. The Balaban J connectivity index is 2.20. The molecule has 1 aromatic carbocycles. The summed E-state index contributed by atoms with van der Waals surface area (Å²) in [5.41, 5.74) is 6.49. The van der Waals surface area contributed by atoms with Gasteiger partial charge in [0, 0.05) is 5.56 Å². The fourth-order valence-corrected chi connectivity index (χ4v) is 4.11. The van der Waals surface area contributed by atoms with E-state index in [0.29, 0.717) is 24.1 Å². The molecular formula is C15H18N2O3S. The number of para-hydroxylation sites is 1. The van der Waals surface area contributed by atoms with Crippen LogP contribution in [0.5, 0.6) is 0 Å². The van der Waals surface area contributed by atoms with Crippen LogP contribution in [-0.4, -0.2) is 31.9 Å². The minimum Gasteiger partial charge on any atom is -0.324 e. The predicted molar refractivity (Wildman–Crippen MR) is 82.4 cm³/mol. The van der Waals surface area contributed by atoms with E-state index in [1.807, 2.05) is 0 Å². The minimum absolute atomic E-state index is 0.0830. The van der Waals surface area contributed by atoms with E-state index in [2.05, 4.69) is 17.2 Å². The van der Waals surface area contributed by atoms with Gasteiger partial charge in [-0.15, -0.1) is 0 Å². The molecule has 5 nitrogen and oxygen atoms in total. The molecule has 0 saturated carbocycles. The molecule has 3 N–H and O–H groups in total. The zero-order chi connectivity index (χ0) is 15.3. The molecule has 0 aliphatic carbocycles. The first kappa shape index (κ1) is 15.5. The zero-order valence-electron chi connectivity index (χ0n) is 11.6. The summed E-state index contributed by atoms with van der Waals surface area (Å²) in [7, 11) is -3.34. The fourth-order valence-electron chi connectivity index (χ4n) is 2.31. The Kier molecular flexibility index (Phi) is 4.99. The second-order valence-electron chi connectivity index (χ2n) is 4.89. The van der Waals surface area contributed by atoms with Crippen molar-refractivity contribution in [1.29, 1.82) is 0 Å². The van der Waals surface area contributed by atoms with Crippen molar-refractivity contribution in [2.24, 2.45) is 5.73 Å². The lowest BCUT2D eigenvalue weighted by Crippen LogP contribution is -2.39. The van der Waals surface area contributed by atoms with Crippen molar-refractivity contribution < 1.29 is 13.2 Å². The first-order valence-electron chi connectivity index (χ1n) is 6.85. The second-order valence-corrected chi connectivity index (χ2v) is 7.20. The van der Waals surface area contributed by atoms with Gasteiger partial charge < -0.3 is 11.1 Å². The number of carbonyl (C=O) groups excluding carboxylic acids is 1. The number of carbonyl (C=O) groups is 1. The average Bonchev–Trinajstić information content (AvgIpc) is 2.45. The van der Waals surface area contributed by atoms with Crippen molar-refractivity contribution in [2.45, 2.75) is 24.5 Å². The van der Waals surface area contributed by atoms with Crippen LogP contribution >= 0.6 is 0 Å². The fraction of sp³-hybridized carbons (Fsp3) is 0.400. The average molecular weight is 306 g/mol. The number of sulfone groups is 1. The van der Waals surface area contributed by atoms with Gasteiger partial charge in [-0.25, -0.2) is 8.42 Å². The monoisotopic (exact) mass is 306 g/mol. The molecule has 1 saturated heterocycles. The lowest BCUT2D eigenvalue weighted by atomic mass is 10.1. The van der Waals surface area contributed by atoms with E-state index in [1.54, 1.807) is 24.3 Å². The van der Waals surface area contributed by atoms with Crippen LogP contribution < -0.4 is 11.1 Å². The number of nitrogens with one attached hydrogen (secondary N) is 1. The molecule has 0 spiro atoms. The molecule has 2 rings (SSSR count). The van der Waals surface area contributed by atoms with Crippen LogP contribution in [0.25, 0.3) is 0 Å². The summed E-state index contributed by atoms with van der Waals surface area (Å²) in [6, 6.07) is 7.02. The molecule has 1 amide bonds. The molecule has 0 bridgehead atoms. The number of hydrogen-bond acceptors (Lipinski definition) is 4. The van der Waals surface area contributed by atoms with Crippen LogP contribution in [0, 0.1) is 11.8 Å². The van der Waals surface area contributed by atoms with Gasteiger partial charge in [0.25, 0.3) is 0 Å². The van der Waals surface area contributed by atoms with Crippen molar-refractivity contribution in [3.8, 4) is 11.8 Å². The summed E-state index contributed by atoms with van der Waals surface area (Å²) in [4.78, 5) is 12.2. The van der Waals surface area contributed by atoms with Gasteiger partial charge in [-0.3, -0.25) is 4.79 Å². The third kappa shape index (κ3) is 3.84. The van der Waals surface area contributed by atoms with Gasteiger partial charge >= 0.3 is 0 Å². The molecule has 1 fully saturated rings. The lowest BCUT2D eigenvalue weighted by Gasteiger charge is -2.21. The Morgan fingerprint density at radius 1 is 1.33 bits per heavy atom. The normalized spacial score (nSPS) is 20.1. The molecular weight excluding hydrogens is 288 g/mol. The summed E-state index contributed by atoms with van der Waals surface area (Å²) in [6.45, 7) is 0.222. The van der Waals surface area contributed by atoms with E-state index < -0.39 is 21.0 Å². The summed E-state index contributed by atoms with van der Waals surface area (Å²) < 4.78 is 23.9. The van der Waals surface area contributed by atoms with E-state index >= 15 is 0 Å². The Morgan fingerprint density at radius 3 is 2.81 bits per heavy atom. The Hall–Kier alpha value is -1.84. The van der Waals surface area contributed by atoms with E-state index in [9.17, 15) is 13.2 Å². The van der Waals surface area contributed by atoms with Crippen molar-refractivity contribution in [3.63, 3.8) is 0 Å². The summed E-state index contributed by atoms with van der Waals surface area (Å²) >= 11 is 0. The number of rotatable bonds is 2. The highest BCUT2D eigenvalue weighted by Crippen LogP contribution is 2.22. The molecule has 1 aromatic rings. The third-order valence-electron chi connectivity index (χ3n) is 3.38. The van der Waals surface area contributed by atoms with Gasteiger partial charge in [0.15, 0.2) is 9.84 Å². The highest BCUT2D eigenvalue weighted by atomic mass is 32.2. The van der Waals surface area contributed by atoms with Crippen LogP contribution in [0.15, 0.2) is 24.3 Å². The topological polar surface area (TPSA) is 89.3 Å². The van der Waals surface area contributed by atoms with Crippen molar-refractivity contribution in [2.75, 3.05) is 17.6 Å². The third-order valence-corrected chi connectivity index (χ3v) is 5.56. The maximum atomic E-state index is 12.2. The van der Waals surface area contributed by atoms with E-state index in [-0.39, 0.29) is 12.3 Å². The quantitative estimate of drug-likeness (QED) is 0.795. The van der Waals surface area contributed by atoms with Gasteiger partial charge in [-0.1, -0.05) is 30.4 Å². The van der Waals surface area contributed by atoms with E-state index in [1.165, 1.54) is 0 Å². The zero-order valence-corrected chi connectivity index (χ0v) is 12.4. The molecule has 1 aliphatic rings. The maximum Gasteiger partial charge on any atom is 0.242 e. The molecule has 1 heterocycles. The van der Waals surface area contributed by atoms with Crippen LogP contribution in [-0.2, 0) is 14.6 Å². The largest absolute Gasteiger partial charge is 0.324 e. The van der Waals surface area contributed by atoms with Crippen LogP contribution in [0.4, 0.5) is 5.69 Å². The molecule has 0 radical (unpaired) electrons. The van der Waals surface area contributed by atoms with Gasteiger partial charge in [-0.05, 0) is 25.0 Å². The Labute approximate surface area is 124 Å². The summed E-state index contributed by atoms with van der Waals surface area (Å²) in [5.74, 6) is 5.19. The van der Waals surface area contributed by atoms with Gasteiger partial charge in [0.05, 0.1) is 18.0 Å². The molecule has 21 heavy (non-hydrogen) atoms. The maximum absolute atomic E-state index is 12.2. The second kappa shape index (κ2) is 6.74. The summed E-state index contributed by atoms with van der Waals surface area (Å²) in [6.07, 6.45) is 1.77. The SMILES string of the molecule is NCC#Cc1ccccc1NC(=O)C1CCCCS1(=O)=O. The van der Waals surface area contributed by atoms with Crippen molar-refractivity contribution in [3.05, 3.63) is 29.8 Å². The standard InChI is InChI=1S/C15H18N2O3S/c16-10-5-7-12-6-1-2-8-13(12)17-15(18)14-9-3-4-11-21(14,19)20/h1-2,6,8,14H,3-4,9-11,16H2,(H,17,18). The Bertz CT molecular complexity index is 686. The lowest BCUT2D eigenvalue weighted by molar-refractivity contribution is -0.116. The molecule has 1 aliphatic heterocycles. The number of amides is 1.